The van der Waals surface area contributed by atoms with Gasteiger partial charge in [-0.3, -0.25) is 0 Å². The fraction of sp³-hybridized carbons (Fsp3) is 0.250. The molecule has 1 atom stereocenters. The van der Waals surface area contributed by atoms with Gasteiger partial charge in [0.25, 0.3) is 0 Å². The van der Waals surface area contributed by atoms with Crippen molar-refractivity contribution >= 4 is 11.8 Å². The maximum Gasteiger partial charge on any atom is 0.115 e. The van der Waals surface area contributed by atoms with Gasteiger partial charge in [-0.1, -0.05) is 30.3 Å². The van der Waals surface area contributed by atoms with Crippen molar-refractivity contribution in [2.75, 3.05) is 12.8 Å². The molecular weight excluding hydrogens is 254 g/mol. The molecule has 0 aliphatic heterocycles. The summed E-state index contributed by atoms with van der Waals surface area (Å²) in [4.78, 5) is 1.30. The molecule has 0 aromatic heterocycles. The molecule has 2 rings (SSSR count). The first-order valence-corrected chi connectivity index (χ1v) is 7.39. The molecule has 0 radical (unpaired) electrons. The fourth-order valence-corrected chi connectivity index (χ4v) is 2.90. The van der Waals surface area contributed by atoms with Crippen molar-refractivity contribution in [1.29, 1.82) is 0 Å². The average molecular weight is 273 g/mol. The zero-order chi connectivity index (χ0) is 13.5. The molecule has 100 valence electrons. The van der Waals surface area contributed by atoms with E-state index in [2.05, 4.69) is 29.6 Å². The first-order chi connectivity index (χ1) is 9.28. The highest BCUT2D eigenvalue weighted by molar-refractivity contribution is 7.99. The summed E-state index contributed by atoms with van der Waals surface area (Å²) >= 11 is 1.86. The Morgan fingerprint density at radius 1 is 1.05 bits per heavy atom. The van der Waals surface area contributed by atoms with Crippen LogP contribution in [0.15, 0.2) is 59.5 Å². The molecule has 2 nitrogen and oxygen atoms in total. The van der Waals surface area contributed by atoms with Crippen LogP contribution in [-0.4, -0.2) is 23.9 Å². The van der Waals surface area contributed by atoms with E-state index in [4.69, 9.17) is 0 Å². The molecule has 0 aliphatic rings. The minimum absolute atomic E-state index is 0.323. The molecule has 2 aromatic carbocycles. The van der Waals surface area contributed by atoms with Crippen molar-refractivity contribution in [3.63, 3.8) is 0 Å². The zero-order valence-corrected chi connectivity index (χ0v) is 11.9. The highest BCUT2D eigenvalue weighted by atomic mass is 32.2. The zero-order valence-electron chi connectivity index (χ0n) is 11.0. The molecule has 0 saturated carbocycles. The third-order valence-corrected chi connectivity index (χ3v) is 4.20. The highest BCUT2D eigenvalue weighted by Gasteiger charge is 2.08. The van der Waals surface area contributed by atoms with Gasteiger partial charge in [-0.2, -0.15) is 0 Å². The van der Waals surface area contributed by atoms with E-state index in [-0.39, 0.29) is 0 Å². The predicted molar refractivity (Wildman–Crippen MR) is 81.8 cm³/mol. The van der Waals surface area contributed by atoms with Gasteiger partial charge in [0, 0.05) is 16.7 Å². The van der Waals surface area contributed by atoms with Gasteiger partial charge in [-0.15, -0.1) is 11.8 Å². The summed E-state index contributed by atoms with van der Waals surface area (Å²) < 4.78 is 0. The molecule has 0 saturated heterocycles. The van der Waals surface area contributed by atoms with Crippen molar-refractivity contribution in [3.05, 3.63) is 60.2 Å². The van der Waals surface area contributed by atoms with Gasteiger partial charge in [0.2, 0.25) is 0 Å². The Balaban J connectivity index is 1.88. The summed E-state index contributed by atoms with van der Waals surface area (Å²) in [6, 6.07) is 18.3. The largest absolute Gasteiger partial charge is 0.508 e. The lowest BCUT2D eigenvalue weighted by Crippen LogP contribution is -2.29. The maximum atomic E-state index is 9.28. The molecule has 2 aromatic rings. The van der Waals surface area contributed by atoms with Crippen molar-refractivity contribution in [3.8, 4) is 5.75 Å². The van der Waals surface area contributed by atoms with E-state index < -0.39 is 0 Å². The smallest absolute Gasteiger partial charge is 0.115 e. The van der Waals surface area contributed by atoms with Gasteiger partial charge in [-0.25, -0.2) is 0 Å². The number of nitrogens with one attached hydrogen (secondary N) is 1. The van der Waals surface area contributed by atoms with E-state index in [1.165, 1.54) is 10.5 Å². The fourth-order valence-electron chi connectivity index (χ4n) is 1.87. The minimum Gasteiger partial charge on any atom is -0.508 e. The lowest BCUT2D eigenvalue weighted by Gasteiger charge is -2.16. The van der Waals surface area contributed by atoms with Crippen LogP contribution in [-0.2, 0) is 6.42 Å². The van der Waals surface area contributed by atoms with E-state index >= 15 is 0 Å². The number of phenolic OH excluding ortho intramolecular Hbond substituents is 1. The monoisotopic (exact) mass is 273 g/mol. The van der Waals surface area contributed by atoms with E-state index in [0.29, 0.717) is 11.8 Å². The van der Waals surface area contributed by atoms with Crippen LogP contribution in [0.1, 0.15) is 5.56 Å². The van der Waals surface area contributed by atoms with Crippen LogP contribution in [0.4, 0.5) is 0 Å². The van der Waals surface area contributed by atoms with Crippen LogP contribution in [0.3, 0.4) is 0 Å². The van der Waals surface area contributed by atoms with E-state index in [9.17, 15) is 5.11 Å². The molecule has 0 heterocycles. The molecule has 0 bridgehead atoms. The number of aromatic hydroxyl groups is 1. The summed E-state index contributed by atoms with van der Waals surface area (Å²) in [5.41, 5.74) is 1.24. The minimum atomic E-state index is 0.323. The summed E-state index contributed by atoms with van der Waals surface area (Å²) in [7, 11) is 2.00. The normalized spacial score (nSPS) is 12.3. The van der Waals surface area contributed by atoms with Gasteiger partial charge < -0.3 is 10.4 Å². The Bertz CT molecular complexity index is 484. The second-order valence-corrected chi connectivity index (χ2v) is 5.57. The molecule has 1 unspecified atom stereocenters. The van der Waals surface area contributed by atoms with Crippen molar-refractivity contribution in [2.45, 2.75) is 17.4 Å². The molecule has 0 amide bonds. The van der Waals surface area contributed by atoms with Gasteiger partial charge in [0.05, 0.1) is 0 Å². The Hall–Kier alpha value is -1.45. The number of thioether (sulfide) groups is 1. The van der Waals surface area contributed by atoms with Gasteiger partial charge in [-0.05, 0) is 43.3 Å². The molecule has 19 heavy (non-hydrogen) atoms. The van der Waals surface area contributed by atoms with Crippen molar-refractivity contribution in [2.24, 2.45) is 0 Å². The second kappa shape index (κ2) is 7.22. The Labute approximate surface area is 118 Å². The molecule has 0 spiro atoms. The van der Waals surface area contributed by atoms with Crippen LogP contribution in [0, 0.1) is 0 Å². The van der Waals surface area contributed by atoms with Gasteiger partial charge in [0.15, 0.2) is 0 Å². The summed E-state index contributed by atoms with van der Waals surface area (Å²) in [5, 5.41) is 12.6. The van der Waals surface area contributed by atoms with Crippen LogP contribution >= 0.6 is 11.8 Å². The topological polar surface area (TPSA) is 32.3 Å². The predicted octanol–water partition coefficient (Wildman–Crippen LogP) is 3.32. The van der Waals surface area contributed by atoms with Crippen LogP contribution < -0.4 is 5.32 Å². The Morgan fingerprint density at radius 3 is 2.37 bits per heavy atom. The summed E-state index contributed by atoms with van der Waals surface area (Å²) in [5.74, 6) is 1.35. The number of phenols is 1. The lowest BCUT2D eigenvalue weighted by atomic mass is 10.1. The molecule has 2 N–H and O–H groups in total. The quantitative estimate of drug-likeness (QED) is 0.792. The van der Waals surface area contributed by atoms with E-state index in [0.717, 1.165) is 12.2 Å². The average Bonchev–Trinajstić information content (AvgIpc) is 2.46. The standard InChI is InChI=1S/C16H19NOS/c1-17-14(11-13-7-9-15(18)10-8-13)12-19-16-5-3-2-4-6-16/h2-10,14,17-18H,11-12H2,1H3. The second-order valence-electron chi connectivity index (χ2n) is 4.48. The highest BCUT2D eigenvalue weighted by Crippen LogP contribution is 2.19. The SMILES string of the molecule is CNC(CSc1ccccc1)Cc1ccc(O)cc1. The number of likely N-dealkylation sites (N-methyl/N-ethyl adjacent to an activating group) is 1. The van der Waals surface area contributed by atoms with Gasteiger partial charge in [0.1, 0.15) is 5.75 Å². The van der Waals surface area contributed by atoms with E-state index in [1.807, 2.05) is 37.0 Å². The molecule has 0 fully saturated rings. The van der Waals surface area contributed by atoms with Crippen molar-refractivity contribution in [1.82, 2.24) is 5.32 Å². The van der Waals surface area contributed by atoms with Crippen LogP contribution in [0.2, 0.25) is 0 Å². The van der Waals surface area contributed by atoms with Crippen molar-refractivity contribution < 1.29 is 5.11 Å². The third kappa shape index (κ3) is 4.62. The third-order valence-electron chi connectivity index (χ3n) is 3.02. The number of hydrogen-bond donors (Lipinski definition) is 2. The lowest BCUT2D eigenvalue weighted by molar-refractivity contribution is 0.475. The van der Waals surface area contributed by atoms with Gasteiger partial charge >= 0.3 is 0 Å². The first kappa shape index (κ1) is 14.0. The summed E-state index contributed by atoms with van der Waals surface area (Å²) in [6.45, 7) is 0. The number of rotatable bonds is 6. The number of hydrogen-bond acceptors (Lipinski definition) is 3. The van der Waals surface area contributed by atoms with Crippen LogP contribution in [0.5, 0.6) is 5.75 Å². The summed E-state index contributed by atoms with van der Waals surface area (Å²) in [6.07, 6.45) is 0.969. The first-order valence-electron chi connectivity index (χ1n) is 6.41. The maximum absolute atomic E-state index is 9.28. The molecule has 3 heteroatoms. The van der Waals surface area contributed by atoms with Crippen LogP contribution in [0.25, 0.3) is 0 Å². The Morgan fingerprint density at radius 2 is 1.74 bits per heavy atom. The number of benzene rings is 2. The van der Waals surface area contributed by atoms with E-state index in [1.54, 1.807) is 12.1 Å². The Kier molecular flexibility index (Phi) is 5.31. The molecule has 0 aliphatic carbocycles. The molecular formula is C16H19NOS.